The van der Waals surface area contributed by atoms with Crippen molar-refractivity contribution in [3.05, 3.63) is 64.0 Å². The van der Waals surface area contributed by atoms with E-state index in [1.54, 1.807) is 26.8 Å². The minimum Gasteiger partial charge on any atom is -0.454 e. The predicted octanol–water partition coefficient (Wildman–Crippen LogP) is 4.66. The molecule has 0 radical (unpaired) electrons. The molecule has 0 aliphatic carbocycles. The summed E-state index contributed by atoms with van der Waals surface area (Å²) in [5.74, 6) is -1.65. The average Bonchev–Trinajstić information content (AvgIpc) is 2.60. The second-order valence-electron chi connectivity index (χ2n) is 6.72. The Morgan fingerprint density at radius 3 is 2.41 bits per heavy atom. The van der Waals surface area contributed by atoms with E-state index in [1.165, 1.54) is 30.3 Å². The summed E-state index contributed by atoms with van der Waals surface area (Å²) in [6.45, 7) is 4.62. The molecule has 2 aromatic carbocycles. The van der Waals surface area contributed by atoms with E-state index in [9.17, 15) is 24.1 Å². The first kappa shape index (κ1) is 20.6. The average molecular weight is 391 g/mol. The van der Waals surface area contributed by atoms with Crippen LogP contribution in [0.15, 0.2) is 52.3 Å². The third-order valence-corrected chi connectivity index (χ3v) is 4.75. The van der Waals surface area contributed by atoms with Crippen molar-refractivity contribution in [3.8, 4) is 0 Å². The van der Waals surface area contributed by atoms with Crippen LogP contribution in [0.2, 0.25) is 0 Å². The number of carbonyl (C=O) groups excluding carboxylic acids is 2. The zero-order valence-electron chi connectivity index (χ0n) is 15.0. The van der Waals surface area contributed by atoms with Crippen LogP contribution >= 0.6 is 11.8 Å². The van der Waals surface area contributed by atoms with Gasteiger partial charge < -0.3 is 4.74 Å². The Labute approximate surface area is 159 Å². The maximum Gasteiger partial charge on any atom is 0.339 e. The quantitative estimate of drug-likeness (QED) is 0.404. The lowest BCUT2D eigenvalue weighted by Gasteiger charge is -2.16. The molecule has 0 saturated heterocycles. The van der Waals surface area contributed by atoms with E-state index in [-0.39, 0.29) is 21.9 Å². The van der Waals surface area contributed by atoms with Crippen molar-refractivity contribution in [2.24, 2.45) is 5.41 Å². The van der Waals surface area contributed by atoms with Crippen molar-refractivity contribution < 1.29 is 23.6 Å². The Morgan fingerprint density at radius 1 is 1.15 bits per heavy atom. The lowest BCUT2D eigenvalue weighted by Crippen LogP contribution is -2.26. The topological polar surface area (TPSA) is 86.5 Å². The molecule has 0 saturated carbocycles. The van der Waals surface area contributed by atoms with E-state index >= 15 is 0 Å². The van der Waals surface area contributed by atoms with Crippen LogP contribution in [0.25, 0.3) is 0 Å². The van der Waals surface area contributed by atoms with Gasteiger partial charge in [0.2, 0.25) is 0 Å². The molecule has 0 atom stereocenters. The van der Waals surface area contributed by atoms with Crippen LogP contribution < -0.4 is 0 Å². The van der Waals surface area contributed by atoms with Gasteiger partial charge in [-0.15, -0.1) is 0 Å². The summed E-state index contributed by atoms with van der Waals surface area (Å²) in [5.41, 5.74) is -1.09. The monoisotopic (exact) mass is 391 g/mol. The van der Waals surface area contributed by atoms with Crippen LogP contribution in [0.4, 0.5) is 10.1 Å². The van der Waals surface area contributed by atoms with Gasteiger partial charge in [0.15, 0.2) is 12.4 Å². The summed E-state index contributed by atoms with van der Waals surface area (Å²) in [7, 11) is 0. The second kappa shape index (κ2) is 8.30. The molecule has 2 aromatic rings. The summed E-state index contributed by atoms with van der Waals surface area (Å²) in [4.78, 5) is 35.3. The van der Waals surface area contributed by atoms with Crippen molar-refractivity contribution >= 4 is 29.2 Å². The standard InChI is InChI=1S/C19H18FNO5S/c1-19(2,3)17(22)11-26-18(23)13-10-12(21(24)25)8-9-15(13)27-16-7-5-4-6-14(16)20/h4-10H,11H2,1-3H3. The molecule has 6 nitrogen and oxygen atoms in total. The molecule has 0 aromatic heterocycles. The number of hydrogen-bond donors (Lipinski definition) is 0. The first-order chi connectivity index (χ1) is 12.6. The van der Waals surface area contributed by atoms with Crippen molar-refractivity contribution in [1.29, 1.82) is 0 Å². The number of benzene rings is 2. The van der Waals surface area contributed by atoms with Crippen molar-refractivity contribution in [3.63, 3.8) is 0 Å². The number of esters is 1. The van der Waals surface area contributed by atoms with Crippen LogP contribution in [-0.2, 0) is 9.53 Å². The van der Waals surface area contributed by atoms with Gasteiger partial charge in [-0.2, -0.15) is 0 Å². The lowest BCUT2D eigenvalue weighted by atomic mass is 9.91. The highest BCUT2D eigenvalue weighted by molar-refractivity contribution is 7.99. The van der Waals surface area contributed by atoms with Crippen LogP contribution in [0, 0.1) is 21.3 Å². The molecule has 0 heterocycles. The van der Waals surface area contributed by atoms with E-state index in [2.05, 4.69) is 0 Å². The first-order valence-electron chi connectivity index (χ1n) is 8.01. The summed E-state index contributed by atoms with van der Waals surface area (Å²) in [6.07, 6.45) is 0. The highest BCUT2D eigenvalue weighted by Gasteiger charge is 2.25. The zero-order chi connectivity index (χ0) is 20.2. The molecule has 2 rings (SSSR count). The molecule has 142 valence electrons. The van der Waals surface area contributed by atoms with Gasteiger partial charge in [0, 0.05) is 27.3 Å². The van der Waals surface area contributed by atoms with Gasteiger partial charge in [-0.3, -0.25) is 14.9 Å². The van der Waals surface area contributed by atoms with Crippen molar-refractivity contribution in [1.82, 2.24) is 0 Å². The fraction of sp³-hybridized carbons (Fsp3) is 0.263. The molecule has 0 N–H and O–H groups in total. The maximum absolute atomic E-state index is 13.9. The van der Waals surface area contributed by atoms with Crippen LogP contribution in [-0.4, -0.2) is 23.3 Å². The summed E-state index contributed by atoms with van der Waals surface area (Å²) >= 11 is 0.946. The van der Waals surface area contributed by atoms with Gasteiger partial charge >= 0.3 is 5.97 Å². The number of ether oxygens (including phenoxy) is 1. The van der Waals surface area contributed by atoms with Gasteiger partial charge in [-0.05, 0) is 18.2 Å². The highest BCUT2D eigenvalue weighted by atomic mass is 32.2. The van der Waals surface area contributed by atoms with Gasteiger partial charge in [-0.1, -0.05) is 44.7 Å². The number of carbonyl (C=O) groups is 2. The number of nitro benzene ring substituents is 1. The number of hydrogen-bond acceptors (Lipinski definition) is 6. The Hall–Kier alpha value is -2.74. The minimum atomic E-state index is -0.880. The number of ketones is 1. The Balaban J connectivity index is 2.32. The van der Waals surface area contributed by atoms with E-state index in [1.807, 2.05) is 0 Å². The molecule has 0 amide bonds. The lowest BCUT2D eigenvalue weighted by molar-refractivity contribution is -0.384. The second-order valence-corrected chi connectivity index (χ2v) is 7.80. The first-order valence-corrected chi connectivity index (χ1v) is 8.82. The van der Waals surface area contributed by atoms with Crippen LogP contribution in [0.3, 0.4) is 0 Å². The molecule has 0 spiro atoms. The maximum atomic E-state index is 13.9. The van der Waals surface area contributed by atoms with E-state index in [0.29, 0.717) is 4.90 Å². The molecule has 0 aliphatic heterocycles. The summed E-state index contributed by atoms with van der Waals surface area (Å²) < 4.78 is 19.0. The molecular formula is C19H18FNO5S. The summed E-state index contributed by atoms with van der Waals surface area (Å²) in [5, 5.41) is 11.0. The third kappa shape index (κ3) is 5.37. The number of Topliss-reactive ketones (excluding diaryl/α,β-unsaturated/α-hetero) is 1. The normalized spacial score (nSPS) is 11.1. The molecule has 0 aliphatic rings. The molecule has 8 heteroatoms. The van der Waals surface area contributed by atoms with Crippen LogP contribution in [0.1, 0.15) is 31.1 Å². The molecule has 0 fully saturated rings. The molecule has 0 unspecified atom stereocenters. The van der Waals surface area contributed by atoms with Crippen molar-refractivity contribution in [2.45, 2.75) is 30.6 Å². The fourth-order valence-electron chi connectivity index (χ4n) is 1.95. The third-order valence-electron chi connectivity index (χ3n) is 3.62. The minimum absolute atomic E-state index is 0.0980. The molecule has 27 heavy (non-hydrogen) atoms. The van der Waals surface area contributed by atoms with Gasteiger partial charge in [0.25, 0.3) is 5.69 Å². The Morgan fingerprint density at radius 2 is 1.81 bits per heavy atom. The zero-order valence-corrected chi connectivity index (χ0v) is 15.8. The Kier molecular flexibility index (Phi) is 6.32. The largest absolute Gasteiger partial charge is 0.454 e. The highest BCUT2D eigenvalue weighted by Crippen LogP contribution is 2.34. The fourth-order valence-corrected chi connectivity index (χ4v) is 2.89. The number of nitrogens with zero attached hydrogens (tertiary/aromatic N) is 1. The van der Waals surface area contributed by atoms with E-state index in [4.69, 9.17) is 4.74 Å². The SMILES string of the molecule is CC(C)(C)C(=O)COC(=O)c1cc([N+](=O)[O-])ccc1Sc1ccccc1F. The molecular weight excluding hydrogens is 373 g/mol. The van der Waals surface area contributed by atoms with Gasteiger partial charge in [-0.25, -0.2) is 9.18 Å². The van der Waals surface area contributed by atoms with E-state index in [0.717, 1.165) is 17.8 Å². The van der Waals surface area contributed by atoms with Gasteiger partial charge in [0.05, 0.1) is 10.5 Å². The predicted molar refractivity (Wildman–Crippen MR) is 98.4 cm³/mol. The number of non-ortho nitro benzene ring substituents is 1. The smallest absolute Gasteiger partial charge is 0.339 e. The van der Waals surface area contributed by atoms with Crippen LogP contribution in [0.5, 0.6) is 0 Å². The summed E-state index contributed by atoms with van der Waals surface area (Å²) in [6, 6.07) is 9.61. The van der Waals surface area contributed by atoms with Crippen molar-refractivity contribution in [2.75, 3.05) is 6.61 Å². The van der Waals surface area contributed by atoms with E-state index < -0.39 is 28.7 Å². The number of halogens is 1. The molecule has 0 bridgehead atoms. The Bertz CT molecular complexity index is 892. The van der Waals surface area contributed by atoms with Gasteiger partial charge in [0.1, 0.15) is 5.82 Å². The number of nitro groups is 1. The number of rotatable bonds is 6.